The van der Waals surface area contributed by atoms with Crippen molar-refractivity contribution in [3.8, 4) is 0 Å². The maximum Gasteiger partial charge on any atom is 0.0223 e. The summed E-state index contributed by atoms with van der Waals surface area (Å²) in [4.78, 5) is 0. The van der Waals surface area contributed by atoms with Crippen molar-refractivity contribution in [1.82, 2.24) is 5.32 Å². The zero-order valence-electron chi connectivity index (χ0n) is 9.97. The molecular weight excluding hydrogens is 172 g/mol. The Hall–Kier alpha value is -0.0800. The van der Waals surface area contributed by atoms with E-state index in [-0.39, 0.29) is 5.54 Å². The Bertz CT molecular complexity index is 154. The highest BCUT2D eigenvalue weighted by Gasteiger charge is 2.25. The minimum Gasteiger partial charge on any atom is -0.329 e. The predicted octanol–water partition coefficient (Wildman–Crippen LogP) is 2.28. The van der Waals surface area contributed by atoms with Crippen molar-refractivity contribution >= 4 is 0 Å². The lowest BCUT2D eigenvalue weighted by Crippen LogP contribution is -2.51. The van der Waals surface area contributed by atoms with Gasteiger partial charge in [0.05, 0.1) is 0 Å². The third-order valence-electron chi connectivity index (χ3n) is 3.09. The molecule has 84 valence electrons. The van der Waals surface area contributed by atoms with Gasteiger partial charge in [-0.05, 0) is 39.5 Å². The van der Waals surface area contributed by atoms with Gasteiger partial charge in [0.1, 0.15) is 0 Å². The van der Waals surface area contributed by atoms with Crippen LogP contribution in [0.25, 0.3) is 0 Å². The van der Waals surface area contributed by atoms with Crippen molar-refractivity contribution in [2.75, 3.05) is 6.54 Å². The van der Waals surface area contributed by atoms with E-state index in [1.165, 1.54) is 32.1 Å². The predicted molar refractivity (Wildman–Crippen MR) is 62.3 cm³/mol. The quantitative estimate of drug-likeness (QED) is 0.730. The van der Waals surface area contributed by atoms with Crippen LogP contribution in [-0.4, -0.2) is 18.1 Å². The summed E-state index contributed by atoms with van der Waals surface area (Å²) in [6, 6.07) is 0.523. The molecule has 1 saturated carbocycles. The zero-order valence-corrected chi connectivity index (χ0v) is 9.97. The monoisotopic (exact) mass is 198 g/mol. The smallest absolute Gasteiger partial charge is 0.0223 e. The van der Waals surface area contributed by atoms with Gasteiger partial charge in [0, 0.05) is 18.1 Å². The van der Waals surface area contributed by atoms with Crippen LogP contribution in [0.3, 0.4) is 0 Å². The second-order valence-electron chi connectivity index (χ2n) is 5.63. The Balaban J connectivity index is 2.43. The van der Waals surface area contributed by atoms with Gasteiger partial charge in [-0.2, -0.15) is 0 Å². The lowest BCUT2D eigenvalue weighted by Gasteiger charge is -2.35. The Morgan fingerprint density at radius 3 is 2.21 bits per heavy atom. The zero-order chi connectivity index (χ0) is 10.6. The Morgan fingerprint density at radius 1 is 1.21 bits per heavy atom. The molecule has 3 N–H and O–H groups in total. The summed E-state index contributed by atoms with van der Waals surface area (Å²) >= 11 is 0. The lowest BCUT2D eigenvalue weighted by molar-refractivity contribution is 0.232. The first-order chi connectivity index (χ1) is 6.53. The average molecular weight is 198 g/mol. The maximum absolute atomic E-state index is 5.85. The van der Waals surface area contributed by atoms with Gasteiger partial charge in [-0.25, -0.2) is 0 Å². The van der Waals surface area contributed by atoms with Crippen LogP contribution in [0.5, 0.6) is 0 Å². The fourth-order valence-corrected chi connectivity index (χ4v) is 2.46. The molecule has 1 unspecified atom stereocenters. The lowest BCUT2D eigenvalue weighted by atomic mass is 9.83. The summed E-state index contributed by atoms with van der Waals surface area (Å²) in [6.07, 6.45) is 6.94. The van der Waals surface area contributed by atoms with Gasteiger partial charge in [0.25, 0.3) is 0 Å². The van der Waals surface area contributed by atoms with E-state index >= 15 is 0 Å². The van der Waals surface area contributed by atoms with Crippen molar-refractivity contribution in [2.45, 2.75) is 64.5 Å². The molecule has 2 nitrogen and oxygen atoms in total. The number of rotatable bonds is 3. The van der Waals surface area contributed by atoms with Gasteiger partial charge < -0.3 is 11.1 Å². The summed E-state index contributed by atoms with van der Waals surface area (Å²) in [6.45, 7) is 7.44. The first-order valence-corrected chi connectivity index (χ1v) is 6.01. The van der Waals surface area contributed by atoms with Crippen LogP contribution in [0, 0.1) is 5.92 Å². The summed E-state index contributed by atoms with van der Waals surface area (Å²) < 4.78 is 0. The van der Waals surface area contributed by atoms with Gasteiger partial charge >= 0.3 is 0 Å². The van der Waals surface area contributed by atoms with Crippen LogP contribution in [0.15, 0.2) is 0 Å². The molecule has 0 radical (unpaired) electrons. The first-order valence-electron chi connectivity index (χ1n) is 6.01. The maximum atomic E-state index is 5.85. The number of hydrogen-bond donors (Lipinski definition) is 2. The van der Waals surface area contributed by atoms with E-state index in [2.05, 4.69) is 26.1 Å². The first kappa shape index (κ1) is 12.0. The largest absolute Gasteiger partial charge is 0.329 e. The SMILES string of the molecule is CC(C)(C)NC(CN)C1CCCCC1. The molecule has 0 aromatic carbocycles. The molecule has 0 amide bonds. The number of nitrogens with two attached hydrogens (primary N) is 1. The molecule has 2 heteroatoms. The summed E-state index contributed by atoms with van der Waals surface area (Å²) in [5.41, 5.74) is 6.04. The van der Waals surface area contributed by atoms with E-state index in [4.69, 9.17) is 5.73 Å². The van der Waals surface area contributed by atoms with Crippen LogP contribution >= 0.6 is 0 Å². The molecule has 0 saturated heterocycles. The Labute approximate surface area is 88.6 Å². The van der Waals surface area contributed by atoms with Crippen molar-refractivity contribution in [2.24, 2.45) is 11.7 Å². The second-order valence-corrected chi connectivity index (χ2v) is 5.63. The molecule has 14 heavy (non-hydrogen) atoms. The summed E-state index contributed by atoms with van der Waals surface area (Å²) in [7, 11) is 0. The number of hydrogen-bond acceptors (Lipinski definition) is 2. The third-order valence-corrected chi connectivity index (χ3v) is 3.09. The van der Waals surface area contributed by atoms with E-state index in [9.17, 15) is 0 Å². The minimum absolute atomic E-state index is 0.196. The van der Waals surface area contributed by atoms with Crippen molar-refractivity contribution < 1.29 is 0 Å². The molecular formula is C12H26N2. The molecule has 0 heterocycles. The summed E-state index contributed by atoms with van der Waals surface area (Å²) in [5, 5.41) is 3.65. The molecule has 1 aliphatic rings. The fourth-order valence-electron chi connectivity index (χ4n) is 2.46. The molecule has 0 aromatic heterocycles. The number of nitrogens with one attached hydrogen (secondary N) is 1. The highest BCUT2D eigenvalue weighted by atomic mass is 15.0. The molecule has 0 aromatic rings. The Morgan fingerprint density at radius 2 is 1.79 bits per heavy atom. The van der Waals surface area contributed by atoms with E-state index in [0.29, 0.717) is 6.04 Å². The normalized spacial score (nSPS) is 22.3. The van der Waals surface area contributed by atoms with Crippen LogP contribution in [-0.2, 0) is 0 Å². The van der Waals surface area contributed by atoms with E-state index < -0.39 is 0 Å². The van der Waals surface area contributed by atoms with Gasteiger partial charge in [-0.1, -0.05) is 19.3 Å². The van der Waals surface area contributed by atoms with Crippen LogP contribution in [0.1, 0.15) is 52.9 Å². The minimum atomic E-state index is 0.196. The molecule has 1 rings (SSSR count). The average Bonchev–Trinajstić information content (AvgIpc) is 2.14. The van der Waals surface area contributed by atoms with E-state index in [1.807, 2.05) is 0 Å². The van der Waals surface area contributed by atoms with Gasteiger partial charge in [-0.3, -0.25) is 0 Å². The molecule has 1 atom stereocenters. The van der Waals surface area contributed by atoms with Crippen molar-refractivity contribution in [1.29, 1.82) is 0 Å². The third kappa shape index (κ3) is 3.97. The standard InChI is InChI=1S/C12H26N2/c1-12(2,3)14-11(9-13)10-7-5-4-6-8-10/h10-11,14H,4-9,13H2,1-3H3. The topological polar surface area (TPSA) is 38.0 Å². The van der Waals surface area contributed by atoms with Crippen molar-refractivity contribution in [3.63, 3.8) is 0 Å². The van der Waals surface area contributed by atoms with Gasteiger partial charge in [-0.15, -0.1) is 0 Å². The molecule has 1 aliphatic carbocycles. The van der Waals surface area contributed by atoms with Crippen LogP contribution in [0.2, 0.25) is 0 Å². The summed E-state index contributed by atoms with van der Waals surface area (Å²) in [5.74, 6) is 0.813. The Kier molecular flexibility index (Phi) is 4.39. The molecule has 1 fully saturated rings. The highest BCUT2D eigenvalue weighted by Crippen LogP contribution is 2.26. The van der Waals surface area contributed by atoms with E-state index in [0.717, 1.165) is 12.5 Å². The second kappa shape index (κ2) is 5.13. The van der Waals surface area contributed by atoms with E-state index in [1.54, 1.807) is 0 Å². The van der Waals surface area contributed by atoms with Crippen LogP contribution < -0.4 is 11.1 Å². The molecule has 0 bridgehead atoms. The molecule has 0 spiro atoms. The fraction of sp³-hybridized carbons (Fsp3) is 1.00. The van der Waals surface area contributed by atoms with Gasteiger partial charge in [0.2, 0.25) is 0 Å². The van der Waals surface area contributed by atoms with Crippen LogP contribution in [0.4, 0.5) is 0 Å². The van der Waals surface area contributed by atoms with Crippen molar-refractivity contribution in [3.05, 3.63) is 0 Å². The highest BCUT2D eigenvalue weighted by molar-refractivity contribution is 4.85. The molecule has 0 aliphatic heterocycles. The van der Waals surface area contributed by atoms with Gasteiger partial charge in [0.15, 0.2) is 0 Å².